The highest BCUT2D eigenvalue weighted by Crippen LogP contribution is 2.40. The summed E-state index contributed by atoms with van der Waals surface area (Å²) < 4.78 is 13.0. The van der Waals surface area contributed by atoms with Gasteiger partial charge in [-0.05, 0) is 79.8 Å². The quantitative estimate of drug-likeness (QED) is 0.282. The number of ether oxygens (including phenoxy) is 2. The summed E-state index contributed by atoms with van der Waals surface area (Å²) in [6.45, 7) is 2.50. The van der Waals surface area contributed by atoms with Crippen molar-refractivity contribution < 1.29 is 14.3 Å². The SMILES string of the molecule is COc1ccc(-n2c(C)ccc2C2C(c3ccccn3)NC(=S)N2CCC(=O)Nc2ccccc2OC)cc1. The predicted octanol–water partition coefficient (Wildman–Crippen LogP) is 5.20. The zero-order valence-corrected chi connectivity index (χ0v) is 22.9. The van der Waals surface area contributed by atoms with Crippen molar-refractivity contribution in [1.29, 1.82) is 0 Å². The normalized spacial score (nSPS) is 16.6. The second-order valence-electron chi connectivity index (χ2n) is 9.25. The Labute approximate surface area is 233 Å². The Bertz CT molecular complexity index is 1460. The van der Waals surface area contributed by atoms with E-state index in [1.54, 1.807) is 20.4 Å². The van der Waals surface area contributed by atoms with E-state index >= 15 is 0 Å². The van der Waals surface area contributed by atoms with Crippen LogP contribution in [-0.2, 0) is 4.79 Å². The number of aryl methyl sites for hydroxylation is 1. The zero-order valence-electron chi connectivity index (χ0n) is 22.1. The van der Waals surface area contributed by atoms with Crippen molar-refractivity contribution in [2.75, 3.05) is 26.1 Å². The van der Waals surface area contributed by atoms with Gasteiger partial charge in [0.2, 0.25) is 5.91 Å². The number of nitrogens with zero attached hydrogens (tertiary/aromatic N) is 3. The van der Waals surface area contributed by atoms with Crippen LogP contribution in [-0.4, -0.2) is 46.2 Å². The van der Waals surface area contributed by atoms with E-state index in [0.717, 1.165) is 28.5 Å². The summed E-state index contributed by atoms with van der Waals surface area (Å²) in [5, 5.41) is 7.03. The lowest BCUT2D eigenvalue weighted by Gasteiger charge is -2.29. The highest BCUT2D eigenvalue weighted by molar-refractivity contribution is 7.80. The first-order valence-electron chi connectivity index (χ1n) is 12.7. The monoisotopic (exact) mass is 541 g/mol. The number of amides is 1. The number of aromatic nitrogens is 2. The van der Waals surface area contributed by atoms with Crippen molar-refractivity contribution in [3.05, 3.63) is 102 Å². The Balaban J connectivity index is 1.46. The molecule has 8 nitrogen and oxygen atoms in total. The van der Waals surface area contributed by atoms with Gasteiger partial charge in [-0.25, -0.2) is 0 Å². The molecule has 1 aliphatic heterocycles. The molecule has 0 radical (unpaired) electrons. The molecule has 2 aromatic heterocycles. The minimum absolute atomic E-state index is 0.121. The number of carbonyl (C=O) groups excluding carboxylic acids is 1. The number of carbonyl (C=O) groups is 1. The van der Waals surface area contributed by atoms with Gasteiger partial charge in [0.05, 0.1) is 37.7 Å². The number of para-hydroxylation sites is 2. The lowest BCUT2D eigenvalue weighted by atomic mass is 10.0. The number of benzene rings is 2. The lowest BCUT2D eigenvalue weighted by Crippen LogP contribution is -2.33. The van der Waals surface area contributed by atoms with Crippen LogP contribution in [0.25, 0.3) is 5.69 Å². The Morgan fingerprint density at radius 2 is 1.77 bits per heavy atom. The van der Waals surface area contributed by atoms with Gasteiger partial charge in [0.1, 0.15) is 11.5 Å². The minimum atomic E-state index is -0.192. The third kappa shape index (κ3) is 5.44. The molecule has 4 aromatic rings. The summed E-state index contributed by atoms with van der Waals surface area (Å²) in [4.78, 5) is 19.7. The number of methoxy groups -OCH3 is 2. The Morgan fingerprint density at radius 1 is 1.00 bits per heavy atom. The first-order chi connectivity index (χ1) is 19.0. The summed E-state index contributed by atoms with van der Waals surface area (Å²) >= 11 is 5.82. The van der Waals surface area contributed by atoms with E-state index < -0.39 is 0 Å². The summed E-state index contributed by atoms with van der Waals surface area (Å²) in [5.74, 6) is 1.29. The van der Waals surface area contributed by atoms with Gasteiger partial charge in [-0.3, -0.25) is 9.78 Å². The predicted molar refractivity (Wildman–Crippen MR) is 155 cm³/mol. The van der Waals surface area contributed by atoms with Crippen molar-refractivity contribution in [2.45, 2.75) is 25.4 Å². The molecule has 200 valence electrons. The third-order valence-electron chi connectivity index (χ3n) is 6.90. The van der Waals surface area contributed by atoms with Crippen molar-refractivity contribution in [1.82, 2.24) is 19.8 Å². The molecule has 1 amide bonds. The number of pyridine rings is 1. The fourth-order valence-corrected chi connectivity index (χ4v) is 5.36. The second-order valence-corrected chi connectivity index (χ2v) is 9.64. The van der Waals surface area contributed by atoms with Crippen LogP contribution in [0.3, 0.4) is 0 Å². The molecule has 1 saturated heterocycles. The zero-order chi connectivity index (χ0) is 27.4. The van der Waals surface area contributed by atoms with Crippen molar-refractivity contribution in [3.63, 3.8) is 0 Å². The van der Waals surface area contributed by atoms with Crippen LogP contribution >= 0.6 is 12.2 Å². The van der Waals surface area contributed by atoms with E-state index in [9.17, 15) is 4.79 Å². The largest absolute Gasteiger partial charge is 0.497 e. The lowest BCUT2D eigenvalue weighted by molar-refractivity contribution is -0.116. The number of thiocarbonyl (C=S) groups is 1. The highest BCUT2D eigenvalue weighted by Gasteiger charge is 2.41. The van der Waals surface area contributed by atoms with Crippen LogP contribution in [0, 0.1) is 6.92 Å². The van der Waals surface area contributed by atoms with Gasteiger partial charge in [-0.1, -0.05) is 18.2 Å². The number of rotatable bonds is 9. The van der Waals surface area contributed by atoms with E-state index in [1.807, 2.05) is 66.7 Å². The fourth-order valence-electron chi connectivity index (χ4n) is 5.02. The van der Waals surface area contributed by atoms with Crippen molar-refractivity contribution >= 4 is 28.9 Å². The van der Waals surface area contributed by atoms with Crippen LogP contribution in [0.1, 0.15) is 35.6 Å². The molecule has 0 bridgehead atoms. The molecule has 2 aromatic carbocycles. The number of hydrogen-bond acceptors (Lipinski definition) is 5. The molecule has 0 saturated carbocycles. The molecule has 39 heavy (non-hydrogen) atoms. The van der Waals surface area contributed by atoms with Crippen LogP contribution in [0.15, 0.2) is 85.1 Å². The van der Waals surface area contributed by atoms with Crippen LogP contribution in [0.4, 0.5) is 5.69 Å². The molecule has 9 heteroatoms. The van der Waals surface area contributed by atoms with Gasteiger partial charge in [0, 0.05) is 36.2 Å². The molecule has 1 fully saturated rings. The number of anilines is 1. The second kappa shape index (κ2) is 11.6. The fraction of sp³-hybridized carbons (Fsp3) is 0.233. The minimum Gasteiger partial charge on any atom is -0.497 e. The van der Waals surface area contributed by atoms with Crippen LogP contribution in [0.2, 0.25) is 0 Å². The van der Waals surface area contributed by atoms with Crippen molar-refractivity contribution in [2.24, 2.45) is 0 Å². The van der Waals surface area contributed by atoms with Crippen molar-refractivity contribution in [3.8, 4) is 17.2 Å². The van der Waals surface area contributed by atoms with E-state index in [-0.39, 0.29) is 24.4 Å². The maximum Gasteiger partial charge on any atom is 0.226 e. The first kappa shape index (κ1) is 26.2. The number of nitrogens with one attached hydrogen (secondary N) is 2. The summed E-state index contributed by atoms with van der Waals surface area (Å²) in [5.41, 5.74) is 4.66. The third-order valence-corrected chi connectivity index (χ3v) is 7.25. The molecule has 2 unspecified atom stereocenters. The van der Waals surface area contributed by atoms with E-state index in [1.165, 1.54) is 0 Å². The molecule has 2 N–H and O–H groups in total. The molecular weight excluding hydrogens is 510 g/mol. The highest BCUT2D eigenvalue weighted by atomic mass is 32.1. The standard InChI is InChI=1S/C30H31N5O3S/c1-20-11-16-25(35(20)21-12-14-22(37-2)15-13-21)29-28(24-9-6-7-18-31-24)33-30(39)34(29)19-17-27(36)32-23-8-4-5-10-26(23)38-3/h4-16,18,28-29H,17,19H2,1-3H3,(H,32,36)(H,33,39). The number of hydrogen-bond donors (Lipinski definition) is 2. The summed E-state index contributed by atoms with van der Waals surface area (Å²) in [7, 11) is 3.24. The van der Waals surface area contributed by atoms with Gasteiger partial charge >= 0.3 is 0 Å². The Kier molecular flexibility index (Phi) is 7.79. The molecule has 5 rings (SSSR count). The van der Waals surface area contributed by atoms with Gasteiger partial charge in [-0.2, -0.15) is 0 Å². The molecule has 0 spiro atoms. The average Bonchev–Trinajstić information content (AvgIpc) is 3.51. The Morgan fingerprint density at radius 3 is 2.49 bits per heavy atom. The molecule has 3 heterocycles. The van der Waals surface area contributed by atoms with Gasteiger partial charge in [-0.15, -0.1) is 0 Å². The summed E-state index contributed by atoms with van der Waals surface area (Å²) in [6, 6.07) is 25.1. The van der Waals surface area contributed by atoms with Gasteiger partial charge in [0.25, 0.3) is 0 Å². The Hall–Kier alpha value is -4.37. The van der Waals surface area contributed by atoms with E-state index in [2.05, 4.69) is 44.1 Å². The average molecular weight is 542 g/mol. The van der Waals surface area contributed by atoms with Gasteiger partial charge in [0.15, 0.2) is 5.11 Å². The molecular formula is C30H31N5O3S. The summed E-state index contributed by atoms with van der Waals surface area (Å²) in [6.07, 6.45) is 2.03. The molecule has 2 atom stereocenters. The van der Waals surface area contributed by atoms with Crippen LogP contribution < -0.4 is 20.1 Å². The first-order valence-corrected chi connectivity index (χ1v) is 13.1. The molecule has 1 aliphatic rings. The van der Waals surface area contributed by atoms with E-state index in [4.69, 9.17) is 21.7 Å². The van der Waals surface area contributed by atoms with E-state index in [0.29, 0.717) is 23.1 Å². The maximum absolute atomic E-state index is 13.0. The smallest absolute Gasteiger partial charge is 0.226 e. The maximum atomic E-state index is 13.0. The van der Waals surface area contributed by atoms with Gasteiger partial charge < -0.3 is 29.6 Å². The topological polar surface area (TPSA) is 80.7 Å². The molecule has 0 aliphatic carbocycles. The van der Waals surface area contributed by atoms with Crippen LogP contribution in [0.5, 0.6) is 11.5 Å².